The van der Waals surface area contributed by atoms with Crippen molar-refractivity contribution in [2.75, 3.05) is 7.11 Å². The smallest absolute Gasteiger partial charge is 0.851 e. The van der Waals surface area contributed by atoms with Crippen molar-refractivity contribution in [3.63, 3.8) is 0 Å². The molecule has 0 heterocycles. The molecule has 0 aromatic heterocycles. The maximum atomic E-state index is 10.3. The summed E-state index contributed by atoms with van der Waals surface area (Å²) in [7, 11) is 1.59. The van der Waals surface area contributed by atoms with E-state index in [0.717, 1.165) is 11.3 Å². The van der Waals surface area contributed by atoms with Gasteiger partial charge in [-0.05, 0) is 12.1 Å². The molecule has 11 heavy (non-hydrogen) atoms. The van der Waals surface area contributed by atoms with Gasteiger partial charge in [0.1, 0.15) is 5.75 Å². The quantitative estimate of drug-likeness (QED) is 0.450. The third kappa shape index (κ3) is 3.25. The molecule has 0 aliphatic rings. The van der Waals surface area contributed by atoms with Gasteiger partial charge in [-0.25, -0.2) is 0 Å². The maximum absolute atomic E-state index is 10.3. The minimum absolute atomic E-state index is 0. The molecule has 0 spiro atoms. The van der Waals surface area contributed by atoms with Crippen molar-refractivity contribution in [3.8, 4) is 5.75 Å². The molecule has 0 bridgehead atoms. The van der Waals surface area contributed by atoms with Gasteiger partial charge in [-0.3, -0.25) is 0 Å². The molecular weight excluding hydrogens is 151 g/mol. The van der Waals surface area contributed by atoms with Crippen molar-refractivity contribution >= 4 is 0 Å². The van der Waals surface area contributed by atoms with Gasteiger partial charge in [-0.1, -0.05) is 17.7 Å². The van der Waals surface area contributed by atoms with Crippen LogP contribution in [0.4, 0.5) is 0 Å². The monoisotopic (exact) mass is 160 g/mol. The second kappa shape index (κ2) is 5.61. The van der Waals surface area contributed by atoms with Crippen molar-refractivity contribution in [2.45, 2.75) is 6.61 Å². The molecule has 0 aliphatic heterocycles. The molecule has 0 radical (unpaired) electrons. The molecule has 0 atom stereocenters. The van der Waals surface area contributed by atoms with Crippen LogP contribution in [0.3, 0.4) is 0 Å². The van der Waals surface area contributed by atoms with Gasteiger partial charge in [-0.2, -0.15) is 0 Å². The predicted molar refractivity (Wildman–Crippen MR) is 36.7 cm³/mol. The summed E-state index contributed by atoms with van der Waals surface area (Å²) in [6, 6.07) is 7.16. The van der Waals surface area contributed by atoms with Crippen LogP contribution in [0.25, 0.3) is 0 Å². The van der Waals surface area contributed by atoms with Gasteiger partial charge in [0.2, 0.25) is 0 Å². The Bertz CT molecular complexity index is 194. The molecule has 2 nitrogen and oxygen atoms in total. The van der Waals surface area contributed by atoms with Crippen molar-refractivity contribution in [3.05, 3.63) is 29.8 Å². The summed E-state index contributed by atoms with van der Waals surface area (Å²) in [6.45, 7) is -0.183. The molecule has 54 valence electrons. The van der Waals surface area contributed by atoms with Gasteiger partial charge in [0, 0.05) is 0 Å². The van der Waals surface area contributed by atoms with Gasteiger partial charge in [-0.15, -0.1) is 6.61 Å². The van der Waals surface area contributed by atoms with Gasteiger partial charge >= 0.3 is 29.6 Å². The van der Waals surface area contributed by atoms with Crippen molar-refractivity contribution in [1.82, 2.24) is 0 Å². The topological polar surface area (TPSA) is 32.3 Å². The number of ether oxygens (including phenoxy) is 1. The molecule has 0 N–H and O–H groups in total. The fraction of sp³-hybridized carbons (Fsp3) is 0.250. The Morgan fingerprint density at radius 2 is 2.18 bits per heavy atom. The van der Waals surface area contributed by atoms with Crippen LogP contribution in [0.2, 0.25) is 0 Å². The molecule has 0 saturated heterocycles. The van der Waals surface area contributed by atoms with Crippen LogP contribution in [-0.4, -0.2) is 7.11 Å². The Morgan fingerprint density at radius 3 is 2.73 bits per heavy atom. The number of rotatable bonds is 2. The van der Waals surface area contributed by atoms with E-state index in [1.165, 1.54) is 0 Å². The first kappa shape index (κ1) is 11.0. The van der Waals surface area contributed by atoms with Crippen LogP contribution >= 0.6 is 0 Å². The summed E-state index contributed by atoms with van der Waals surface area (Å²) in [5, 5.41) is 10.3. The van der Waals surface area contributed by atoms with Crippen LogP contribution in [0.15, 0.2) is 24.3 Å². The second-order valence-corrected chi connectivity index (χ2v) is 2.00. The summed E-state index contributed by atoms with van der Waals surface area (Å²) in [5.74, 6) is 0.744. The fourth-order valence-electron chi connectivity index (χ4n) is 0.762. The standard InChI is InChI=1S/C8H9O2.Na/c1-10-8-4-2-3-7(5-8)6-9;/h2-5H,6H2,1H3;/q-1;+1. The van der Waals surface area contributed by atoms with Crippen LogP contribution in [0.5, 0.6) is 5.75 Å². The summed E-state index contributed by atoms with van der Waals surface area (Å²) < 4.78 is 4.92. The molecule has 1 aromatic rings. The average Bonchev–Trinajstić information content (AvgIpc) is 2.05. The van der Waals surface area contributed by atoms with E-state index in [-0.39, 0.29) is 36.2 Å². The molecule has 3 heteroatoms. The van der Waals surface area contributed by atoms with E-state index in [1.54, 1.807) is 19.2 Å². The molecule has 1 rings (SSSR count). The zero-order valence-corrected chi connectivity index (χ0v) is 8.83. The van der Waals surface area contributed by atoms with Gasteiger partial charge in [0.05, 0.1) is 7.11 Å². The van der Waals surface area contributed by atoms with E-state index in [2.05, 4.69) is 0 Å². The second-order valence-electron chi connectivity index (χ2n) is 2.00. The zero-order chi connectivity index (χ0) is 7.40. The van der Waals surface area contributed by atoms with Crippen LogP contribution < -0.4 is 39.4 Å². The molecular formula is C8H9NaO2. The first-order valence-corrected chi connectivity index (χ1v) is 3.08. The zero-order valence-electron chi connectivity index (χ0n) is 6.83. The van der Waals surface area contributed by atoms with E-state index in [0.29, 0.717) is 0 Å². The Kier molecular flexibility index (Phi) is 5.60. The number of methoxy groups -OCH3 is 1. The Labute approximate surface area is 88.5 Å². The van der Waals surface area contributed by atoms with Crippen LogP contribution in [0.1, 0.15) is 5.56 Å². The van der Waals surface area contributed by atoms with Gasteiger partial charge in [0.25, 0.3) is 0 Å². The number of hydrogen-bond acceptors (Lipinski definition) is 2. The summed E-state index contributed by atoms with van der Waals surface area (Å²) in [4.78, 5) is 0. The van der Waals surface area contributed by atoms with E-state index >= 15 is 0 Å². The Balaban J connectivity index is 0.000001000. The van der Waals surface area contributed by atoms with Crippen molar-refractivity contribution < 1.29 is 39.4 Å². The fourth-order valence-corrected chi connectivity index (χ4v) is 0.762. The molecule has 0 amide bonds. The van der Waals surface area contributed by atoms with Crippen LogP contribution in [0, 0.1) is 0 Å². The summed E-state index contributed by atoms with van der Waals surface area (Å²) >= 11 is 0. The molecule has 0 saturated carbocycles. The van der Waals surface area contributed by atoms with Crippen molar-refractivity contribution in [1.29, 1.82) is 0 Å². The van der Waals surface area contributed by atoms with E-state index in [4.69, 9.17) is 4.74 Å². The Morgan fingerprint density at radius 1 is 1.45 bits per heavy atom. The van der Waals surface area contributed by atoms with E-state index in [1.807, 2.05) is 12.1 Å². The normalized spacial score (nSPS) is 8.55. The largest absolute Gasteiger partial charge is 1.00 e. The van der Waals surface area contributed by atoms with E-state index < -0.39 is 0 Å². The average molecular weight is 160 g/mol. The molecule has 0 unspecified atom stereocenters. The third-order valence-electron chi connectivity index (χ3n) is 1.30. The Hall–Kier alpha value is -0.0200. The first-order chi connectivity index (χ1) is 4.86. The predicted octanol–water partition coefficient (Wildman–Crippen LogP) is -2.44. The summed E-state index contributed by atoms with van der Waals surface area (Å²) in [5.41, 5.74) is 0.763. The minimum Gasteiger partial charge on any atom is -0.851 e. The van der Waals surface area contributed by atoms with Gasteiger partial charge in [0.15, 0.2) is 0 Å². The summed E-state index contributed by atoms with van der Waals surface area (Å²) in [6.07, 6.45) is 0. The minimum atomic E-state index is -0.183. The van der Waals surface area contributed by atoms with Gasteiger partial charge < -0.3 is 9.84 Å². The molecule has 0 aliphatic carbocycles. The number of benzene rings is 1. The first-order valence-electron chi connectivity index (χ1n) is 3.08. The van der Waals surface area contributed by atoms with Crippen LogP contribution in [-0.2, 0) is 6.61 Å². The van der Waals surface area contributed by atoms with E-state index in [9.17, 15) is 5.11 Å². The number of hydrogen-bond donors (Lipinski definition) is 0. The SMILES string of the molecule is COc1cccc(C[O-])c1.[Na+]. The molecule has 0 fully saturated rings. The molecule has 1 aromatic carbocycles. The van der Waals surface area contributed by atoms with Crippen molar-refractivity contribution in [2.24, 2.45) is 0 Å². The third-order valence-corrected chi connectivity index (χ3v) is 1.30. The maximum Gasteiger partial charge on any atom is 1.00 e.